The summed E-state index contributed by atoms with van der Waals surface area (Å²) in [5.41, 5.74) is 1.27. The summed E-state index contributed by atoms with van der Waals surface area (Å²) in [6.45, 7) is 2.43. The van der Waals surface area contributed by atoms with Crippen molar-refractivity contribution >= 4 is 27.3 Å². The maximum atomic E-state index is 13.6. The van der Waals surface area contributed by atoms with Crippen LogP contribution in [0.25, 0.3) is 11.3 Å². The average molecular weight is 474 g/mol. The summed E-state index contributed by atoms with van der Waals surface area (Å²) in [7, 11) is -3.18. The lowest BCUT2D eigenvalue weighted by Crippen LogP contribution is -2.40. The number of benzene rings is 2. The first-order valence-corrected chi connectivity index (χ1v) is 12.6. The Kier molecular flexibility index (Phi) is 6.58. The second-order valence-corrected chi connectivity index (χ2v) is 10.4. The number of carbonyl (C=O) groups is 1. The van der Waals surface area contributed by atoms with Crippen LogP contribution in [0.3, 0.4) is 0 Å². The molecule has 3 aromatic rings. The second-order valence-electron chi connectivity index (χ2n) is 7.69. The van der Waals surface area contributed by atoms with Gasteiger partial charge in [-0.15, -0.1) is 0 Å². The van der Waals surface area contributed by atoms with Crippen molar-refractivity contribution in [3.05, 3.63) is 77.0 Å². The van der Waals surface area contributed by atoms with Crippen molar-refractivity contribution in [1.29, 1.82) is 0 Å². The van der Waals surface area contributed by atoms with Crippen LogP contribution in [0.4, 0.5) is 0 Å². The fourth-order valence-electron chi connectivity index (χ4n) is 3.87. The molecule has 1 amide bonds. The molecule has 1 aliphatic heterocycles. The molecule has 1 atom stereocenters. The molecule has 0 saturated carbocycles. The number of hydrogen-bond donors (Lipinski definition) is 0. The quantitative estimate of drug-likeness (QED) is 0.491. The van der Waals surface area contributed by atoms with E-state index in [-0.39, 0.29) is 24.0 Å². The van der Waals surface area contributed by atoms with Gasteiger partial charge >= 0.3 is 0 Å². The molecule has 0 N–H and O–H groups in total. The third kappa shape index (κ3) is 5.00. The summed E-state index contributed by atoms with van der Waals surface area (Å²) in [6.07, 6.45) is 0.398. The maximum absolute atomic E-state index is 13.6. The van der Waals surface area contributed by atoms with Gasteiger partial charge in [-0.05, 0) is 61.9 Å². The van der Waals surface area contributed by atoms with E-state index in [0.29, 0.717) is 40.9 Å². The van der Waals surface area contributed by atoms with Crippen molar-refractivity contribution in [3.63, 3.8) is 0 Å². The van der Waals surface area contributed by atoms with Gasteiger partial charge in [0.15, 0.2) is 9.84 Å². The van der Waals surface area contributed by atoms with Gasteiger partial charge in [0, 0.05) is 16.6 Å². The smallest absolute Gasteiger partial charge is 0.258 e. The zero-order valence-corrected chi connectivity index (χ0v) is 19.2. The van der Waals surface area contributed by atoms with Crippen LogP contribution in [-0.2, 0) is 16.4 Å². The Morgan fingerprint density at radius 3 is 2.56 bits per heavy atom. The molecule has 1 aliphatic rings. The number of amides is 1. The van der Waals surface area contributed by atoms with Crippen LogP contribution < -0.4 is 4.74 Å². The van der Waals surface area contributed by atoms with E-state index in [1.807, 2.05) is 31.2 Å². The second kappa shape index (κ2) is 9.38. The zero-order valence-electron chi connectivity index (χ0n) is 17.7. The van der Waals surface area contributed by atoms with Crippen molar-refractivity contribution in [2.75, 3.05) is 18.1 Å². The predicted octanol–water partition coefficient (Wildman–Crippen LogP) is 4.83. The number of nitrogens with zero attached hydrogens (tertiary/aromatic N) is 1. The first-order valence-electron chi connectivity index (χ1n) is 10.4. The van der Waals surface area contributed by atoms with Crippen LogP contribution in [-0.4, -0.2) is 43.4 Å². The van der Waals surface area contributed by atoms with Gasteiger partial charge in [-0.3, -0.25) is 4.79 Å². The number of sulfone groups is 1. The number of hydrogen-bond acceptors (Lipinski definition) is 5. The molecule has 2 heterocycles. The van der Waals surface area contributed by atoms with E-state index in [4.69, 9.17) is 20.8 Å². The Labute approximate surface area is 192 Å². The van der Waals surface area contributed by atoms with Gasteiger partial charge in [0.25, 0.3) is 5.91 Å². The van der Waals surface area contributed by atoms with Gasteiger partial charge in [-0.25, -0.2) is 8.42 Å². The molecule has 168 valence electrons. The van der Waals surface area contributed by atoms with Crippen LogP contribution in [0.5, 0.6) is 5.75 Å². The third-order valence-electron chi connectivity index (χ3n) is 5.44. The van der Waals surface area contributed by atoms with E-state index in [1.165, 1.54) is 0 Å². The number of ether oxygens (including phenoxy) is 1. The average Bonchev–Trinajstić information content (AvgIpc) is 3.39. The topological polar surface area (TPSA) is 76.8 Å². The van der Waals surface area contributed by atoms with Gasteiger partial charge in [0.1, 0.15) is 17.3 Å². The molecule has 0 spiro atoms. The van der Waals surface area contributed by atoms with Gasteiger partial charge in [-0.1, -0.05) is 23.7 Å². The largest absolute Gasteiger partial charge is 0.493 e. The minimum Gasteiger partial charge on any atom is -0.493 e. The van der Waals surface area contributed by atoms with E-state index in [2.05, 4.69) is 0 Å². The lowest BCUT2D eigenvalue weighted by molar-refractivity contribution is 0.0662. The van der Waals surface area contributed by atoms with Crippen molar-refractivity contribution in [2.45, 2.75) is 25.9 Å². The number of para-hydroxylation sites is 1. The predicted molar refractivity (Wildman–Crippen MR) is 124 cm³/mol. The first kappa shape index (κ1) is 22.4. The third-order valence-corrected chi connectivity index (χ3v) is 7.45. The zero-order chi connectivity index (χ0) is 22.7. The Morgan fingerprint density at radius 2 is 1.88 bits per heavy atom. The fourth-order valence-corrected chi connectivity index (χ4v) is 5.72. The maximum Gasteiger partial charge on any atom is 0.258 e. The molecule has 0 aliphatic carbocycles. The van der Waals surface area contributed by atoms with E-state index < -0.39 is 15.9 Å². The van der Waals surface area contributed by atoms with E-state index in [1.54, 1.807) is 41.3 Å². The molecule has 32 heavy (non-hydrogen) atoms. The number of carbonyl (C=O) groups excluding carboxylic acids is 1. The van der Waals surface area contributed by atoms with Crippen molar-refractivity contribution in [2.24, 2.45) is 0 Å². The number of halogens is 1. The summed E-state index contributed by atoms with van der Waals surface area (Å²) in [4.78, 5) is 15.1. The van der Waals surface area contributed by atoms with Crippen LogP contribution in [0.2, 0.25) is 5.02 Å². The Hall–Kier alpha value is -2.77. The van der Waals surface area contributed by atoms with E-state index in [0.717, 1.165) is 5.56 Å². The fraction of sp³-hybridized carbons (Fsp3) is 0.292. The molecule has 1 saturated heterocycles. The molecule has 0 unspecified atom stereocenters. The Balaban J connectivity index is 1.64. The minimum absolute atomic E-state index is 0.0553. The van der Waals surface area contributed by atoms with E-state index >= 15 is 0 Å². The SMILES string of the molecule is CCOc1ccccc1C(=O)N(Cc1ccc(-c2ccc(Cl)cc2)o1)[C@H]1CCS(=O)(=O)C1. The van der Waals surface area contributed by atoms with Crippen molar-refractivity contribution in [1.82, 2.24) is 4.90 Å². The lowest BCUT2D eigenvalue weighted by atomic mass is 10.1. The van der Waals surface area contributed by atoms with Crippen molar-refractivity contribution < 1.29 is 22.4 Å². The van der Waals surface area contributed by atoms with Crippen molar-refractivity contribution in [3.8, 4) is 17.1 Å². The summed E-state index contributed by atoms with van der Waals surface area (Å²) in [6, 6.07) is 17.5. The molecule has 0 bridgehead atoms. The highest BCUT2D eigenvalue weighted by Gasteiger charge is 2.36. The molecule has 1 fully saturated rings. The Morgan fingerprint density at radius 1 is 1.12 bits per heavy atom. The molecule has 0 radical (unpaired) electrons. The Bertz CT molecular complexity index is 1200. The highest BCUT2D eigenvalue weighted by molar-refractivity contribution is 7.91. The number of furan rings is 1. The normalized spacial score (nSPS) is 17.2. The summed E-state index contributed by atoms with van der Waals surface area (Å²) in [5.74, 6) is 1.44. The standard InChI is InChI=1S/C24H24ClNO5S/c1-2-30-23-6-4-3-5-21(23)24(27)26(19-13-14-32(28,29)16-19)15-20-11-12-22(31-20)17-7-9-18(25)10-8-17/h3-12,19H,2,13-16H2,1H3/t19-/m0/s1. The summed E-state index contributed by atoms with van der Waals surface area (Å²) >= 11 is 5.96. The molecular weight excluding hydrogens is 450 g/mol. The van der Waals surface area contributed by atoms with Crippen LogP contribution in [0.15, 0.2) is 65.1 Å². The monoisotopic (exact) mass is 473 g/mol. The van der Waals surface area contributed by atoms with Crippen LogP contribution in [0, 0.1) is 0 Å². The first-order chi connectivity index (χ1) is 15.4. The minimum atomic E-state index is -3.18. The highest BCUT2D eigenvalue weighted by atomic mass is 35.5. The summed E-state index contributed by atoms with van der Waals surface area (Å²) < 4.78 is 35.9. The van der Waals surface area contributed by atoms with Gasteiger partial charge in [0.05, 0.1) is 30.2 Å². The molecular formula is C24H24ClNO5S. The van der Waals surface area contributed by atoms with E-state index in [9.17, 15) is 13.2 Å². The molecule has 2 aromatic carbocycles. The van der Waals surface area contributed by atoms with Gasteiger partial charge in [0.2, 0.25) is 0 Å². The molecule has 1 aromatic heterocycles. The number of rotatable bonds is 7. The van der Waals surface area contributed by atoms with Gasteiger partial charge < -0.3 is 14.1 Å². The molecule has 4 rings (SSSR count). The molecule has 8 heteroatoms. The van der Waals surface area contributed by atoms with Crippen LogP contribution in [0.1, 0.15) is 29.5 Å². The molecule has 6 nitrogen and oxygen atoms in total. The highest BCUT2D eigenvalue weighted by Crippen LogP contribution is 2.29. The van der Waals surface area contributed by atoms with Gasteiger partial charge in [-0.2, -0.15) is 0 Å². The summed E-state index contributed by atoms with van der Waals surface area (Å²) in [5, 5.41) is 0.632. The lowest BCUT2D eigenvalue weighted by Gasteiger charge is -2.28. The van der Waals surface area contributed by atoms with Crippen LogP contribution >= 0.6 is 11.6 Å².